The summed E-state index contributed by atoms with van der Waals surface area (Å²) >= 11 is 0. The van der Waals surface area contributed by atoms with Gasteiger partial charge in [0.25, 0.3) is 0 Å². The van der Waals surface area contributed by atoms with Gasteiger partial charge in [-0.25, -0.2) is 0 Å². The second-order valence-electron chi connectivity index (χ2n) is 2.71. The van der Waals surface area contributed by atoms with Gasteiger partial charge in [-0.15, -0.1) is 0 Å². The van der Waals surface area contributed by atoms with E-state index in [1.807, 2.05) is 0 Å². The number of aliphatic hydroxyl groups excluding tert-OH is 1. The van der Waals surface area contributed by atoms with Crippen molar-refractivity contribution in [2.45, 2.75) is 40.7 Å². The first-order valence-corrected chi connectivity index (χ1v) is 4.48. The summed E-state index contributed by atoms with van der Waals surface area (Å²) in [6, 6.07) is 0. The molecular weight excluding hydrogens is 186 g/mol. The molecule has 0 aliphatic carbocycles. The van der Waals surface area contributed by atoms with E-state index in [1.165, 1.54) is 19.6 Å². The molecule has 0 aliphatic rings. The summed E-state index contributed by atoms with van der Waals surface area (Å²) in [6.07, 6.45) is -0.167. The van der Waals surface area contributed by atoms with Gasteiger partial charge < -0.3 is 10.0 Å². The zero-order valence-corrected chi connectivity index (χ0v) is 10.7. The Hall–Kier alpha value is 0.634. The van der Waals surface area contributed by atoms with Crippen LogP contribution in [0.25, 0.3) is 0 Å². The number of nitrogens with zero attached hydrogens (tertiary/aromatic N) is 1. The molecule has 0 saturated heterocycles. The maximum atomic E-state index is 8.06. The van der Waals surface area contributed by atoms with Crippen LogP contribution in [0.2, 0.25) is 0 Å². The van der Waals surface area contributed by atoms with Crippen LogP contribution < -0.4 is 0 Å². The fraction of sp³-hybridized carbons (Fsp3) is 1.00. The van der Waals surface area contributed by atoms with Crippen molar-refractivity contribution in [3.63, 3.8) is 0 Å². The molecule has 12 heavy (non-hydrogen) atoms. The van der Waals surface area contributed by atoms with E-state index in [0.717, 1.165) is 0 Å². The third-order valence-electron chi connectivity index (χ3n) is 1.34. The van der Waals surface area contributed by atoms with Crippen molar-refractivity contribution in [1.29, 1.82) is 0 Å². The van der Waals surface area contributed by atoms with Gasteiger partial charge in [0.1, 0.15) is 0 Å². The normalized spacial score (nSPS) is 9.00. The Bertz CT molecular complexity index is 57.3. The maximum absolute atomic E-state index is 8.06. The summed E-state index contributed by atoms with van der Waals surface area (Å²) in [5, 5.41) is 8.06. The second-order valence-corrected chi connectivity index (χ2v) is 2.71. The van der Waals surface area contributed by atoms with Crippen molar-refractivity contribution in [2.24, 2.45) is 0 Å². The molecule has 1 N–H and O–H groups in total. The van der Waals surface area contributed by atoms with E-state index in [1.54, 1.807) is 13.8 Å². The van der Waals surface area contributed by atoms with E-state index in [0.29, 0.717) is 0 Å². The summed E-state index contributed by atoms with van der Waals surface area (Å²) in [4.78, 5) is 2.38. The molecular formula is C9H23NOTi. The molecule has 0 atom stereocenters. The number of rotatable bonds is 3. The topological polar surface area (TPSA) is 23.5 Å². The quantitative estimate of drug-likeness (QED) is 0.715. The van der Waals surface area contributed by atoms with Crippen LogP contribution >= 0.6 is 0 Å². The molecule has 0 rings (SSSR count). The van der Waals surface area contributed by atoms with Crippen molar-refractivity contribution in [3.8, 4) is 0 Å². The minimum absolute atomic E-state index is 0. The minimum atomic E-state index is -0.167. The zero-order valence-electron chi connectivity index (χ0n) is 9.09. The summed E-state index contributed by atoms with van der Waals surface area (Å²) < 4.78 is 0. The Morgan fingerprint density at radius 2 is 1.17 bits per heavy atom. The van der Waals surface area contributed by atoms with Gasteiger partial charge in [0.2, 0.25) is 0 Å². The molecule has 0 aliphatic heterocycles. The predicted octanol–water partition coefficient (Wildman–Crippen LogP) is 1.73. The molecule has 0 fully saturated rings. The molecule has 0 saturated carbocycles. The molecule has 3 heteroatoms. The number of hydrogen-bond donors (Lipinski definition) is 1. The summed E-state index contributed by atoms with van der Waals surface area (Å²) in [7, 11) is 0. The standard InChI is InChI=1S/C6H15N.C3H8O.Ti/c1-4-7(5-2)6-3;1-3(2)4;/h4-6H2,1-3H3;3-4H,1-2H3;. The smallest absolute Gasteiger partial charge is 0.0483 e. The summed E-state index contributed by atoms with van der Waals surface area (Å²) in [5.41, 5.74) is 0. The number of aliphatic hydroxyl groups is 1. The molecule has 74 valence electrons. The van der Waals surface area contributed by atoms with Gasteiger partial charge in [0.05, 0.1) is 0 Å². The van der Waals surface area contributed by atoms with Gasteiger partial charge in [-0.1, -0.05) is 20.8 Å². The second kappa shape index (κ2) is 14.2. The minimum Gasteiger partial charge on any atom is -0.394 e. The first-order valence-electron chi connectivity index (χ1n) is 4.48. The predicted molar refractivity (Wildman–Crippen MR) is 50.8 cm³/mol. The van der Waals surface area contributed by atoms with Crippen molar-refractivity contribution < 1.29 is 26.8 Å². The van der Waals surface area contributed by atoms with E-state index in [2.05, 4.69) is 25.7 Å². The fourth-order valence-corrected chi connectivity index (χ4v) is 0.671. The van der Waals surface area contributed by atoms with E-state index >= 15 is 0 Å². The molecule has 0 aromatic heterocycles. The summed E-state index contributed by atoms with van der Waals surface area (Å²) in [6.45, 7) is 13.6. The Labute approximate surface area is 92.2 Å². The van der Waals surface area contributed by atoms with Gasteiger partial charge in [-0.3, -0.25) is 0 Å². The average Bonchev–Trinajstić information content (AvgIpc) is 1.90. The molecule has 0 unspecified atom stereocenters. The Morgan fingerprint density at radius 3 is 1.17 bits per heavy atom. The van der Waals surface area contributed by atoms with Gasteiger partial charge in [0.15, 0.2) is 0 Å². The van der Waals surface area contributed by atoms with Crippen LogP contribution in [-0.2, 0) is 21.7 Å². The molecule has 0 aromatic carbocycles. The van der Waals surface area contributed by atoms with Crippen LogP contribution in [0.3, 0.4) is 0 Å². The largest absolute Gasteiger partial charge is 0.394 e. The van der Waals surface area contributed by atoms with Crippen LogP contribution in [-0.4, -0.2) is 35.7 Å². The first-order chi connectivity index (χ1) is 5.08. The molecule has 0 heterocycles. The van der Waals surface area contributed by atoms with Crippen LogP contribution in [0.15, 0.2) is 0 Å². The van der Waals surface area contributed by atoms with Crippen molar-refractivity contribution in [1.82, 2.24) is 4.90 Å². The van der Waals surface area contributed by atoms with Gasteiger partial charge >= 0.3 is 0 Å². The zero-order chi connectivity index (χ0) is 9.28. The first kappa shape index (κ1) is 18.4. The summed E-state index contributed by atoms with van der Waals surface area (Å²) in [5.74, 6) is 0. The molecule has 0 spiro atoms. The molecule has 0 bridgehead atoms. The maximum Gasteiger partial charge on any atom is 0.0483 e. The number of hydrogen-bond acceptors (Lipinski definition) is 2. The molecule has 0 amide bonds. The third kappa shape index (κ3) is 22.4. The van der Waals surface area contributed by atoms with E-state index in [9.17, 15) is 0 Å². The van der Waals surface area contributed by atoms with Gasteiger partial charge in [-0.2, -0.15) is 0 Å². The molecule has 2 nitrogen and oxygen atoms in total. The van der Waals surface area contributed by atoms with Crippen LogP contribution in [0.4, 0.5) is 0 Å². The third-order valence-corrected chi connectivity index (χ3v) is 1.34. The average molecular weight is 209 g/mol. The molecule has 0 aromatic rings. The Kier molecular flexibility index (Phi) is 21.8. The van der Waals surface area contributed by atoms with Gasteiger partial charge in [0, 0.05) is 27.8 Å². The van der Waals surface area contributed by atoms with Crippen LogP contribution in [0.1, 0.15) is 34.6 Å². The molecule has 0 radical (unpaired) electrons. The van der Waals surface area contributed by atoms with Crippen molar-refractivity contribution in [3.05, 3.63) is 0 Å². The van der Waals surface area contributed by atoms with E-state index in [-0.39, 0.29) is 27.8 Å². The van der Waals surface area contributed by atoms with Crippen LogP contribution in [0, 0.1) is 0 Å². The fourth-order valence-electron chi connectivity index (χ4n) is 0.671. The monoisotopic (exact) mass is 209 g/mol. The van der Waals surface area contributed by atoms with Crippen molar-refractivity contribution >= 4 is 0 Å². The van der Waals surface area contributed by atoms with Gasteiger partial charge in [-0.05, 0) is 33.5 Å². The Morgan fingerprint density at radius 1 is 1.00 bits per heavy atom. The Balaban J connectivity index is -0.000000142. The van der Waals surface area contributed by atoms with E-state index in [4.69, 9.17) is 5.11 Å². The van der Waals surface area contributed by atoms with Crippen LogP contribution in [0.5, 0.6) is 0 Å². The van der Waals surface area contributed by atoms with Crippen molar-refractivity contribution in [2.75, 3.05) is 19.6 Å². The SMILES string of the molecule is CC(C)O.CCN(CC)CC.[Ti]. The van der Waals surface area contributed by atoms with E-state index < -0.39 is 0 Å².